The lowest BCUT2D eigenvalue weighted by atomic mass is 9.85. The van der Waals surface area contributed by atoms with Crippen molar-refractivity contribution >= 4 is 17.3 Å². The number of nitrogens with zero attached hydrogens (tertiary/aromatic N) is 1. The van der Waals surface area contributed by atoms with Gasteiger partial charge in [0.2, 0.25) is 0 Å². The van der Waals surface area contributed by atoms with Gasteiger partial charge in [0.25, 0.3) is 0 Å². The van der Waals surface area contributed by atoms with Crippen LogP contribution in [-0.4, -0.2) is 22.7 Å². The average Bonchev–Trinajstić information content (AvgIpc) is 2.90. The van der Waals surface area contributed by atoms with Gasteiger partial charge in [-0.3, -0.25) is 0 Å². The number of rotatable bonds is 7. The zero-order valence-corrected chi connectivity index (χ0v) is 13.7. The molecule has 5 heteroatoms. The van der Waals surface area contributed by atoms with Gasteiger partial charge in [-0.05, 0) is 32.1 Å². The minimum absolute atomic E-state index is 0.0241. The number of hydrogen-bond donors (Lipinski definition) is 1. The zero-order chi connectivity index (χ0) is 15.2. The monoisotopic (exact) mass is 311 g/mol. The Morgan fingerprint density at radius 3 is 2.67 bits per heavy atom. The molecule has 1 unspecified atom stereocenters. The normalized spacial score (nSPS) is 17.8. The molecule has 0 saturated heterocycles. The molecule has 0 aromatic carbocycles. The molecule has 1 N–H and O–H groups in total. The number of thiazole rings is 1. The second-order valence-corrected chi connectivity index (χ2v) is 6.69. The van der Waals surface area contributed by atoms with Gasteiger partial charge in [0.05, 0.1) is 5.69 Å². The molecule has 1 aromatic rings. The Balaban J connectivity index is 2.26. The van der Waals surface area contributed by atoms with Crippen molar-refractivity contribution in [1.82, 2.24) is 4.98 Å². The molecule has 2 rings (SSSR count). The summed E-state index contributed by atoms with van der Waals surface area (Å²) in [6.07, 6.45) is 7.72. The molecule has 1 aliphatic carbocycles. The van der Waals surface area contributed by atoms with Crippen LogP contribution in [0.1, 0.15) is 78.8 Å². The SMILES string of the molecule is CCCc1nc(C(OCC)C2CCCCC2)sc1C(=O)O. The van der Waals surface area contributed by atoms with Gasteiger partial charge in [0.1, 0.15) is 16.0 Å². The lowest BCUT2D eigenvalue weighted by molar-refractivity contribution is 0.00542. The average molecular weight is 311 g/mol. The van der Waals surface area contributed by atoms with E-state index in [4.69, 9.17) is 4.74 Å². The number of aromatic nitrogens is 1. The minimum Gasteiger partial charge on any atom is -0.477 e. The molecule has 1 aliphatic rings. The number of carbonyl (C=O) groups is 1. The van der Waals surface area contributed by atoms with E-state index in [0.717, 1.165) is 36.4 Å². The van der Waals surface area contributed by atoms with E-state index >= 15 is 0 Å². The predicted molar refractivity (Wildman–Crippen MR) is 84.0 cm³/mol. The fourth-order valence-corrected chi connectivity index (χ4v) is 4.19. The Labute approximate surface area is 130 Å². The maximum Gasteiger partial charge on any atom is 0.347 e. The van der Waals surface area contributed by atoms with Crippen LogP contribution in [0.4, 0.5) is 0 Å². The van der Waals surface area contributed by atoms with Gasteiger partial charge >= 0.3 is 5.97 Å². The highest BCUT2D eigenvalue weighted by molar-refractivity contribution is 7.13. The second kappa shape index (κ2) is 7.90. The van der Waals surface area contributed by atoms with Crippen LogP contribution in [0.15, 0.2) is 0 Å². The number of ether oxygens (including phenoxy) is 1. The van der Waals surface area contributed by atoms with Crippen LogP contribution in [0, 0.1) is 5.92 Å². The summed E-state index contributed by atoms with van der Waals surface area (Å²) in [5.41, 5.74) is 0.727. The lowest BCUT2D eigenvalue weighted by Gasteiger charge is -2.28. The van der Waals surface area contributed by atoms with Crippen LogP contribution >= 0.6 is 11.3 Å². The summed E-state index contributed by atoms with van der Waals surface area (Å²) in [7, 11) is 0. The zero-order valence-electron chi connectivity index (χ0n) is 12.9. The Morgan fingerprint density at radius 1 is 1.38 bits per heavy atom. The van der Waals surface area contributed by atoms with Crippen molar-refractivity contribution in [2.75, 3.05) is 6.61 Å². The van der Waals surface area contributed by atoms with E-state index in [2.05, 4.69) is 4.98 Å². The molecule has 1 saturated carbocycles. The third-order valence-electron chi connectivity index (χ3n) is 4.06. The highest BCUT2D eigenvalue weighted by Gasteiger charge is 2.30. The summed E-state index contributed by atoms with van der Waals surface area (Å²) in [5, 5.41) is 10.2. The van der Waals surface area contributed by atoms with E-state index in [0.29, 0.717) is 17.4 Å². The Morgan fingerprint density at radius 2 is 2.10 bits per heavy atom. The van der Waals surface area contributed by atoms with Crippen molar-refractivity contribution in [3.05, 3.63) is 15.6 Å². The molecule has 0 bridgehead atoms. The van der Waals surface area contributed by atoms with Crippen molar-refractivity contribution in [2.45, 2.75) is 64.9 Å². The number of aryl methyl sites for hydroxylation is 1. The highest BCUT2D eigenvalue weighted by atomic mass is 32.1. The summed E-state index contributed by atoms with van der Waals surface area (Å²) in [6.45, 7) is 4.69. The largest absolute Gasteiger partial charge is 0.477 e. The van der Waals surface area contributed by atoms with E-state index in [9.17, 15) is 9.90 Å². The smallest absolute Gasteiger partial charge is 0.347 e. The Kier molecular flexibility index (Phi) is 6.18. The summed E-state index contributed by atoms with van der Waals surface area (Å²) in [6, 6.07) is 0. The third-order valence-corrected chi connectivity index (χ3v) is 5.21. The summed E-state index contributed by atoms with van der Waals surface area (Å²) in [5.74, 6) is -0.373. The van der Waals surface area contributed by atoms with Gasteiger partial charge in [0.15, 0.2) is 0 Å². The topological polar surface area (TPSA) is 59.4 Å². The van der Waals surface area contributed by atoms with Crippen LogP contribution < -0.4 is 0 Å². The van der Waals surface area contributed by atoms with E-state index in [1.54, 1.807) is 0 Å². The maximum absolute atomic E-state index is 11.4. The quantitative estimate of drug-likeness (QED) is 0.808. The highest BCUT2D eigenvalue weighted by Crippen LogP contribution is 2.39. The molecule has 0 radical (unpaired) electrons. The molecule has 0 spiro atoms. The summed E-state index contributed by atoms with van der Waals surface area (Å²) in [4.78, 5) is 16.4. The summed E-state index contributed by atoms with van der Waals surface area (Å²) >= 11 is 1.31. The molecule has 1 atom stereocenters. The molecule has 1 aromatic heterocycles. The first-order chi connectivity index (χ1) is 10.2. The Hall–Kier alpha value is -0.940. The van der Waals surface area contributed by atoms with Crippen molar-refractivity contribution in [1.29, 1.82) is 0 Å². The molecule has 1 heterocycles. The predicted octanol–water partition coefficient (Wildman–Crippen LogP) is 4.45. The second-order valence-electron chi connectivity index (χ2n) is 5.66. The first-order valence-electron chi connectivity index (χ1n) is 8.01. The van der Waals surface area contributed by atoms with Crippen LogP contribution in [-0.2, 0) is 11.2 Å². The minimum atomic E-state index is -0.860. The fraction of sp³-hybridized carbons (Fsp3) is 0.750. The molecule has 4 nitrogen and oxygen atoms in total. The van der Waals surface area contributed by atoms with Crippen molar-refractivity contribution in [2.24, 2.45) is 5.92 Å². The summed E-state index contributed by atoms with van der Waals surface area (Å²) < 4.78 is 5.95. The molecular formula is C16H25NO3S. The molecule has 21 heavy (non-hydrogen) atoms. The standard InChI is InChI=1S/C16H25NO3S/c1-3-8-12-14(16(18)19)21-15(17-12)13(20-4-2)11-9-6-5-7-10-11/h11,13H,3-10H2,1-2H3,(H,18,19). The maximum atomic E-state index is 11.4. The first-order valence-corrected chi connectivity index (χ1v) is 8.83. The molecular weight excluding hydrogens is 286 g/mol. The van der Waals surface area contributed by atoms with Gasteiger partial charge in [-0.1, -0.05) is 32.6 Å². The van der Waals surface area contributed by atoms with Crippen LogP contribution in [0.25, 0.3) is 0 Å². The van der Waals surface area contributed by atoms with Gasteiger partial charge in [-0.15, -0.1) is 11.3 Å². The number of hydrogen-bond acceptors (Lipinski definition) is 4. The molecule has 0 aliphatic heterocycles. The molecule has 0 amide bonds. The van der Waals surface area contributed by atoms with Crippen LogP contribution in [0.2, 0.25) is 0 Å². The fourth-order valence-electron chi connectivity index (χ4n) is 3.09. The van der Waals surface area contributed by atoms with Gasteiger partial charge in [-0.25, -0.2) is 9.78 Å². The van der Waals surface area contributed by atoms with Gasteiger partial charge in [0, 0.05) is 6.61 Å². The molecule has 118 valence electrons. The number of carboxylic acids is 1. The number of carboxylic acid groups (broad SMARTS) is 1. The van der Waals surface area contributed by atoms with E-state index < -0.39 is 5.97 Å². The first kappa shape index (κ1) is 16.4. The lowest BCUT2D eigenvalue weighted by Crippen LogP contribution is -2.19. The van der Waals surface area contributed by atoms with Crippen molar-refractivity contribution < 1.29 is 14.6 Å². The van der Waals surface area contributed by atoms with Gasteiger partial charge < -0.3 is 9.84 Å². The van der Waals surface area contributed by atoms with E-state index in [1.165, 1.54) is 30.6 Å². The molecule has 1 fully saturated rings. The van der Waals surface area contributed by atoms with Crippen LogP contribution in [0.5, 0.6) is 0 Å². The Bertz CT molecular complexity index is 466. The van der Waals surface area contributed by atoms with E-state index in [-0.39, 0.29) is 6.10 Å². The van der Waals surface area contributed by atoms with Crippen molar-refractivity contribution in [3.8, 4) is 0 Å². The van der Waals surface area contributed by atoms with Gasteiger partial charge in [-0.2, -0.15) is 0 Å². The van der Waals surface area contributed by atoms with Crippen molar-refractivity contribution in [3.63, 3.8) is 0 Å². The van der Waals surface area contributed by atoms with Crippen LogP contribution in [0.3, 0.4) is 0 Å². The third kappa shape index (κ3) is 4.04. The number of aromatic carboxylic acids is 1. The van der Waals surface area contributed by atoms with E-state index in [1.807, 2.05) is 13.8 Å².